The SMILES string of the molecule is O=C1NC(=O)C2(SC(Cl)(Cl)Cl)CCCCC12. The Morgan fingerprint density at radius 2 is 2.00 bits per heavy atom. The molecule has 2 amide bonds. The van der Waals surface area contributed by atoms with Gasteiger partial charge >= 0.3 is 0 Å². The average Bonchev–Trinajstić information content (AvgIpc) is 2.37. The first-order chi connectivity index (χ1) is 7.35. The fraction of sp³-hybridized carbons (Fsp3) is 0.778. The number of nitrogens with one attached hydrogen (secondary N) is 1. The van der Waals surface area contributed by atoms with Gasteiger partial charge in [0.25, 0.3) is 0 Å². The van der Waals surface area contributed by atoms with Crippen molar-refractivity contribution in [3.8, 4) is 0 Å². The Morgan fingerprint density at radius 1 is 1.31 bits per heavy atom. The van der Waals surface area contributed by atoms with Crippen LogP contribution < -0.4 is 5.32 Å². The maximum atomic E-state index is 11.9. The highest BCUT2D eigenvalue weighted by atomic mass is 35.6. The fourth-order valence-electron chi connectivity index (χ4n) is 2.44. The molecule has 1 saturated heterocycles. The lowest BCUT2D eigenvalue weighted by Crippen LogP contribution is -2.43. The molecule has 3 nitrogen and oxygen atoms in total. The summed E-state index contributed by atoms with van der Waals surface area (Å²) < 4.78 is -2.45. The van der Waals surface area contributed by atoms with E-state index >= 15 is 0 Å². The maximum Gasteiger partial charge on any atom is 0.243 e. The van der Waals surface area contributed by atoms with E-state index in [-0.39, 0.29) is 17.7 Å². The average molecular weight is 303 g/mol. The van der Waals surface area contributed by atoms with Crippen molar-refractivity contribution in [2.75, 3.05) is 0 Å². The molecule has 2 aliphatic rings. The van der Waals surface area contributed by atoms with Crippen LogP contribution in [0, 0.1) is 5.92 Å². The third kappa shape index (κ3) is 2.17. The number of fused-ring (bicyclic) bond motifs is 1. The molecule has 0 aromatic rings. The third-order valence-corrected chi connectivity index (χ3v) is 5.05. The smallest absolute Gasteiger partial charge is 0.243 e. The molecule has 1 aliphatic heterocycles. The molecule has 2 unspecified atom stereocenters. The summed E-state index contributed by atoms with van der Waals surface area (Å²) in [5, 5.41) is 2.35. The number of hydrogen-bond acceptors (Lipinski definition) is 3. The highest BCUT2D eigenvalue weighted by Crippen LogP contribution is 2.55. The van der Waals surface area contributed by atoms with Gasteiger partial charge in [-0.15, -0.1) is 0 Å². The monoisotopic (exact) mass is 301 g/mol. The normalized spacial score (nSPS) is 34.8. The number of rotatable bonds is 1. The van der Waals surface area contributed by atoms with Crippen LogP contribution in [0.3, 0.4) is 0 Å². The highest BCUT2D eigenvalue weighted by molar-refractivity contribution is 8.06. The van der Waals surface area contributed by atoms with Crippen molar-refractivity contribution in [3.05, 3.63) is 0 Å². The van der Waals surface area contributed by atoms with E-state index in [1.807, 2.05) is 0 Å². The first-order valence-electron chi connectivity index (χ1n) is 4.97. The van der Waals surface area contributed by atoms with Gasteiger partial charge in [0.05, 0.1) is 5.92 Å². The Hall–Kier alpha value is 0.360. The first-order valence-corrected chi connectivity index (χ1v) is 6.92. The van der Waals surface area contributed by atoms with Crippen LogP contribution in [0.5, 0.6) is 0 Å². The van der Waals surface area contributed by atoms with E-state index in [1.165, 1.54) is 0 Å². The molecule has 0 aromatic carbocycles. The molecule has 1 N–H and O–H groups in total. The van der Waals surface area contributed by atoms with E-state index in [0.29, 0.717) is 12.8 Å². The van der Waals surface area contributed by atoms with Gasteiger partial charge in [-0.3, -0.25) is 14.9 Å². The van der Waals surface area contributed by atoms with Gasteiger partial charge in [-0.05, 0) is 12.8 Å². The van der Waals surface area contributed by atoms with Gasteiger partial charge < -0.3 is 0 Å². The summed E-state index contributed by atoms with van der Waals surface area (Å²) in [6.45, 7) is 0. The molecule has 0 aromatic heterocycles. The zero-order chi connectivity index (χ0) is 12.0. The van der Waals surface area contributed by atoms with Crippen molar-refractivity contribution >= 4 is 58.4 Å². The number of amides is 2. The number of carbonyl (C=O) groups excluding carboxylic acids is 2. The predicted molar refractivity (Wildman–Crippen MR) is 65.7 cm³/mol. The second-order valence-electron chi connectivity index (χ2n) is 4.05. The molecule has 1 saturated carbocycles. The topological polar surface area (TPSA) is 46.2 Å². The zero-order valence-electron chi connectivity index (χ0n) is 8.26. The minimum absolute atomic E-state index is 0.230. The Balaban J connectivity index is 2.32. The van der Waals surface area contributed by atoms with Crippen LogP contribution in [0.15, 0.2) is 0 Å². The number of imide groups is 1. The van der Waals surface area contributed by atoms with E-state index in [4.69, 9.17) is 34.8 Å². The van der Waals surface area contributed by atoms with Gasteiger partial charge in [0.2, 0.25) is 14.9 Å². The van der Waals surface area contributed by atoms with E-state index in [9.17, 15) is 9.59 Å². The Bertz CT molecular complexity index is 344. The molecular formula is C9H10Cl3NO2S. The van der Waals surface area contributed by atoms with Crippen LogP contribution in [0.25, 0.3) is 0 Å². The quantitative estimate of drug-likeness (QED) is 0.598. The van der Waals surface area contributed by atoms with Crippen LogP contribution in [-0.2, 0) is 9.59 Å². The van der Waals surface area contributed by atoms with Crippen molar-refractivity contribution in [1.29, 1.82) is 0 Å². The molecule has 1 aliphatic carbocycles. The molecular weight excluding hydrogens is 293 g/mol. The second-order valence-corrected chi connectivity index (χ2v) is 8.55. The largest absolute Gasteiger partial charge is 0.295 e. The van der Waals surface area contributed by atoms with E-state index in [1.54, 1.807) is 0 Å². The van der Waals surface area contributed by atoms with Crippen LogP contribution in [0.4, 0.5) is 0 Å². The zero-order valence-corrected chi connectivity index (χ0v) is 11.3. The summed E-state index contributed by atoms with van der Waals surface area (Å²) >= 11 is 18.2. The highest BCUT2D eigenvalue weighted by Gasteiger charge is 2.59. The molecule has 1 heterocycles. The first kappa shape index (κ1) is 12.8. The van der Waals surface area contributed by atoms with Gasteiger partial charge in [-0.25, -0.2) is 0 Å². The van der Waals surface area contributed by atoms with Gasteiger partial charge in [-0.2, -0.15) is 0 Å². The Labute approximate surface area is 113 Å². The van der Waals surface area contributed by atoms with Gasteiger partial charge in [0.15, 0.2) is 0 Å². The van der Waals surface area contributed by atoms with Gasteiger partial charge in [-0.1, -0.05) is 59.4 Å². The van der Waals surface area contributed by atoms with Crippen molar-refractivity contribution in [1.82, 2.24) is 5.32 Å². The number of alkyl halides is 3. The minimum Gasteiger partial charge on any atom is -0.295 e. The van der Waals surface area contributed by atoms with Crippen molar-refractivity contribution < 1.29 is 9.59 Å². The summed E-state index contributed by atoms with van der Waals surface area (Å²) in [6.07, 6.45) is 3.09. The van der Waals surface area contributed by atoms with E-state index < -0.39 is 7.87 Å². The van der Waals surface area contributed by atoms with Crippen LogP contribution in [0.1, 0.15) is 25.7 Å². The lowest BCUT2D eigenvalue weighted by atomic mass is 9.80. The summed E-state index contributed by atoms with van der Waals surface area (Å²) in [5.74, 6) is -0.889. The molecule has 2 rings (SSSR count). The summed E-state index contributed by atoms with van der Waals surface area (Å²) in [5.41, 5.74) is 0. The number of thioether (sulfide) groups is 1. The maximum absolute atomic E-state index is 11.9. The van der Waals surface area contributed by atoms with Gasteiger partial charge in [0.1, 0.15) is 4.75 Å². The summed E-state index contributed by atoms with van der Waals surface area (Å²) in [4.78, 5) is 23.5. The molecule has 90 valence electrons. The van der Waals surface area contributed by atoms with E-state index in [0.717, 1.165) is 24.6 Å². The Kier molecular flexibility index (Phi) is 3.39. The number of hydrogen-bond donors (Lipinski definition) is 1. The lowest BCUT2D eigenvalue weighted by molar-refractivity contribution is -0.125. The molecule has 0 bridgehead atoms. The number of carbonyl (C=O) groups is 2. The van der Waals surface area contributed by atoms with Crippen molar-refractivity contribution in [2.45, 2.75) is 33.6 Å². The predicted octanol–water partition coefficient (Wildman–Crippen LogP) is 2.63. The van der Waals surface area contributed by atoms with Crippen molar-refractivity contribution in [2.24, 2.45) is 5.92 Å². The van der Waals surface area contributed by atoms with E-state index in [2.05, 4.69) is 5.32 Å². The molecule has 16 heavy (non-hydrogen) atoms. The second kappa shape index (κ2) is 4.23. The van der Waals surface area contributed by atoms with Crippen LogP contribution in [0.2, 0.25) is 0 Å². The number of halogens is 3. The Morgan fingerprint density at radius 3 is 2.62 bits per heavy atom. The lowest BCUT2D eigenvalue weighted by Gasteiger charge is -2.36. The molecule has 2 fully saturated rings. The molecule has 2 atom stereocenters. The van der Waals surface area contributed by atoms with Crippen LogP contribution >= 0.6 is 46.6 Å². The minimum atomic E-state index is -1.57. The van der Waals surface area contributed by atoms with Crippen molar-refractivity contribution in [3.63, 3.8) is 0 Å². The summed E-state index contributed by atoms with van der Waals surface area (Å²) in [6, 6.07) is 0. The molecule has 0 radical (unpaired) electrons. The molecule has 7 heteroatoms. The molecule has 0 spiro atoms. The fourth-order valence-corrected chi connectivity index (χ4v) is 4.85. The van der Waals surface area contributed by atoms with Gasteiger partial charge in [0, 0.05) is 0 Å². The standard InChI is InChI=1S/C9H10Cl3NO2S/c10-9(11,12)16-8-4-2-1-3-5(8)6(14)13-7(8)15/h5H,1-4H2,(H,13,14,15). The summed E-state index contributed by atoms with van der Waals surface area (Å²) in [7, 11) is 0. The third-order valence-electron chi connectivity index (χ3n) is 3.09. The van der Waals surface area contributed by atoms with Crippen LogP contribution in [-0.4, -0.2) is 19.7 Å².